The quantitative estimate of drug-likeness (QED) is 0.490. The monoisotopic (exact) mass is 373 g/mol. The average molecular weight is 373 g/mol. The second-order valence-electron chi connectivity index (χ2n) is 5.77. The number of esters is 1. The first-order valence-corrected chi connectivity index (χ1v) is 9.04. The highest BCUT2D eigenvalue weighted by molar-refractivity contribution is 7.13. The number of carbonyl (C=O) groups excluding carboxylic acids is 2. The SMILES string of the molecule is Cc1ccc(C(=O)NCC(=O)OCCCn2c(=O)[nH]c3ccccc32)s1. The number of para-hydroxylation sites is 2. The number of carbonyl (C=O) groups is 2. The van der Waals surface area contributed by atoms with E-state index in [1.807, 2.05) is 37.3 Å². The third-order valence-corrected chi connectivity index (χ3v) is 4.83. The predicted octanol–water partition coefficient (Wildman–Crippen LogP) is 2.06. The molecule has 0 spiro atoms. The standard InChI is InChI=1S/C18H19N3O4S/c1-12-7-8-15(26-12)17(23)19-11-16(22)25-10-4-9-21-14-6-3-2-5-13(14)20-18(21)24/h2-3,5-8H,4,9-11H2,1H3,(H,19,23)(H,20,24). The van der Waals surface area contributed by atoms with Crippen molar-refractivity contribution in [2.75, 3.05) is 13.2 Å². The van der Waals surface area contributed by atoms with Gasteiger partial charge in [-0.2, -0.15) is 0 Å². The number of aromatic nitrogens is 2. The number of thiophene rings is 1. The van der Waals surface area contributed by atoms with Crippen LogP contribution in [0.2, 0.25) is 0 Å². The highest BCUT2D eigenvalue weighted by atomic mass is 32.1. The summed E-state index contributed by atoms with van der Waals surface area (Å²) >= 11 is 1.37. The van der Waals surface area contributed by atoms with Crippen LogP contribution in [-0.2, 0) is 16.1 Å². The number of aryl methyl sites for hydroxylation is 2. The van der Waals surface area contributed by atoms with E-state index in [0.29, 0.717) is 17.8 Å². The lowest BCUT2D eigenvalue weighted by Gasteiger charge is -2.07. The highest BCUT2D eigenvalue weighted by Gasteiger charge is 2.11. The van der Waals surface area contributed by atoms with E-state index in [4.69, 9.17) is 4.74 Å². The van der Waals surface area contributed by atoms with Gasteiger partial charge in [0.1, 0.15) is 6.54 Å². The number of amides is 1. The van der Waals surface area contributed by atoms with Crippen LogP contribution < -0.4 is 11.0 Å². The average Bonchev–Trinajstić information content (AvgIpc) is 3.19. The number of ether oxygens (including phenoxy) is 1. The predicted molar refractivity (Wildman–Crippen MR) is 99.5 cm³/mol. The summed E-state index contributed by atoms with van der Waals surface area (Å²) in [7, 11) is 0. The number of fused-ring (bicyclic) bond motifs is 1. The molecule has 26 heavy (non-hydrogen) atoms. The Morgan fingerprint density at radius 2 is 2.04 bits per heavy atom. The molecule has 0 aliphatic carbocycles. The minimum Gasteiger partial charge on any atom is -0.464 e. The van der Waals surface area contributed by atoms with Gasteiger partial charge in [0.25, 0.3) is 5.91 Å². The fraction of sp³-hybridized carbons (Fsp3) is 0.278. The topological polar surface area (TPSA) is 93.2 Å². The van der Waals surface area contributed by atoms with Crippen LogP contribution in [0.25, 0.3) is 11.0 Å². The number of H-pyrrole nitrogens is 1. The molecule has 0 saturated carbocycles. The molecule has 0 aliphatic rings. The summed E-state index contributed by atoms with van der Waals surface area (Å²) in [5.41, 5.74) is 1.42. The van der Waals surface area contributed by atoms with Crippen LogP contribution >= 0.6 is 11.3 Å². The van der Waals surface area contributed by atoms with Crippen molar-refractivity contribution in [3.63, 3.8) is 0 Å². The maximum atomic E-state index is 11.9. The Morgan fingerprint density at radius 1 is 1.23 bits per heavy atom. The van der Waals surface area contributed by atoms with Gasteiger partial charge in [-0.1, -0.05) is 12.1 Å². The second-order valence-corrected chi connectivity index (χ2v) is 7.05. The summed E-state index contributed by atoms with van der Waals surface area (Å²) in [6, 6.07) is 11.0. The van der Waals surface area contributed by atoms with Gasteiger partial charge in [-0.05, 0) is 37.6 Å². The van der Waals surface area contributed by atoms with E-state index in [9.17, 15) is 14.4 Å². The molecule has 136 valence electrons. The Labute approximate surface area is 153 Å². The summed E-state index contributed by atoms with van der Waals surface area (Å²) < 4.78 is 6.72. The summed E-state index contributed by atoms with van der Waals surface area (Å²) in [5, 5.41) is 2.54. The van der Waals surface area contributed by atoms with Crippen LogP contribution in [0.5, 0.6) is 0 Å². The first-order chi connectivity index (χ1) is 12.5. The fourth-order valence-electron chi connectivity index (χ4n) is 2.58. The van der Waals surface area contributed by atoms with E-state index >= 15 is 0 Å². The molecule has 1 aromatic carbocycles. The van der Waals surface area contributed by atoms with E-state index in [1.54, 1.807) is 10.6 Å². The Kier molecular flexibility index (Phi) is 5.52. The van der Waals surface area contributed by atoms with Crippen molar-refractivity contribution >= 4 is 34.2 Å². The molecule has 0 atom stereocenters. The maximum absolute atomic E-state index is 11.9. The highest BCUT2D eigenvalue weighted by Crippen LogP contribution is 2.14. The summed E-state index contributed by atoms with van der Waals surface area (Å²) in [6.45, 7) is 2.35. The van der Waals surface area contributed by atoms with Gasteiger partial charge in [-0.15, -0.1) is 11.3 Å². The van der Waals surface area contributed by atoms with Crippen LogP contribution in [0.3, 0.4) is 0 Å². The van der Waals surface area contributed by atoms with E-state index in [1.165, 1.54) is 11.3 Å². The number of hydrogen-bond acceptors (Lipinski definition) is 5. The number of imidazole rings is 1. The Bertz CT molecular complexity index is 986. The lowest BCUT2D eigenvalue weighted by Crippen LogP contribution is -2.30. The van der Waals surface area contributed by atoms with Gasteiger partial charge in [0.2, 0.25) is 0 Å². The van der Waals surface area contributed by atoms with Crippen molar-refractivity contribution in [2.45, 2.75) is 19.9 Å². The molecule has 0 bridgehead atoms. The fourth-order valence-corrected chi connectivity index (χ4v) is 3.37. The molecule has 0 saturated heterocycles. The van der Waals surface area contributed by atoms with Gasteiger partial charge in [0.15, 0.2) is 0 Å². The molecule has 0 unspecified atom stereocenters. The van der Waals surface area contributed by atoms with Crippen LogP contribution in [0, 0.1) is 6.92 Å². The smallest absolute Gasteiger partial charge is 0.326 e. The number of nitrogens with one attached hydrogen (secondary N) is 2. The van der Waals surface area contributed by atoms with Gasteiger partial charge in [-0.25, -0.2) is 4.79 Å². The Hall–Kier alpha value is -2.87. The molecule has 3 rings (SSSR count). The zero-order valence-electron chi connectivity index (χ0n) is 14.3. The summed E-state index contributed by atoms with van der Waals surface area (Å²) in [4.78, 5) is 39.9. The lowest BCUT2D eigenvalue weighted by atomic mass is 10.3. The van der Waals surface area contributed by atoms with E-state index in [0.717, 1.165) is 15.9 Å². The number of aromatic amines is 1. The maximum Gasteiger partial charge on any atom is 0.326 e. The molecular weight excluding hydrogens is 354 g/mol. The number of nitrogens with zero attached hydrogens (tertiary/aromatic N) is 1. The molecule has 3 aromatic rings. The molecule has 0 aliphatic heterocycles. The third-order valence-electron chi connectivity index (χ3n) is 3.83. The molecule has 2 aromatic heterocycles. The zero-order valence-corrected chi connectivity index (χ0v) is 15.1. The largest absolute Gasteiger partial charge is 0.464 e. The van der Waals surface area contributed by atoms with Crippen LogP contribution in [0.1, 0.15) is 21.0 Å². The number of benzene rings is 1. The normalized spacial score (nSPS) is 10.8. The molecule has 1 amide bonds. The van der Waals surface area contributed by atoms with Crippen molar-refractivity contribution in [1.29, 1.82) is 0 Å². The summed E-state index contributed by atoms with van der Waals surface area (Å²) in [6.07, 6.45) is 0.506. The Morgan fingerprint density at radius 3 is 2.81 bits per heavy atom. The van der Waals surface area contributed by atoms with Crippen molar-refractivity contribution in [1.82, 2.24) is 14.9 Å². The molecule has 2 N–H and O–H groups in total. The Balaban J connectivity index is 1.42. The first-order valence-electron chi connectivity index (χ1n) is 8.22. The third kappa shape index (κ3) is 4.20. The molecule has 0 radical (unpaired) electrons. The molecule has 7 nitrogen and oxygen atoms in total. The second kappa shape index (κ2) is 8.01. The zero-order chi connectivity index (χ0) is 18.5. The van der Waals surface area contributed by atoms with Crippen molar-refractivity contribution in [2.24, 2.45) is 0 Å². The van der Waals surface area contributed by atoms with Crippen LogP contribution in [0.15, 0.2) is 41.2 Å². The lowest BCUT2D eigenvalue weighted by molar-refractivity contribution is -0.142. The minimum atomic E-state index is -0.502. The molecule has 2 heterocycles. The molecule has 0 fully saturated rings. The van der Waals surface area contributed by atoms with Crippen molar-refractivity contribution in [3.8, 4) is 0 Å². The minimum absolute atomic E-state index is 0.178. The van der Waals surface area contributed by atoms with Crippen molar-refractivity contribution in [3.05, 3.63) is 56.6 Å². The van der Waals surface area contributed by atoms with E-state index in [-0.39, 0.29) is 24.7 Å². The molecular formula is C18H19N3O4S. The van der Waals surface area contributed by atoms with Gasteiger partial charge >= 0.3 is 11.7 Å². The summed E-state index contributed by atoms with van der Waals surface area (Å²) in [5.74, 6) is -0.789. The van der Waals surface area contributed by atoms with Gasteiger partial charge in [-0.3, -0.25) is 14.2 Å². The van der Waals surface area contributed by atoms with E-state index in [2.05, 4.69) is 10.3 Å². The van der Waals surface area contributed by atoms with E-state index < -0.39 is 5.97 Å². The number of rotatable bonds is 7. The van der Waals surface area contributed by atoms with Gasteiger partial charge in [0.05, 0.1) is 22.5 Å². The number of hydrogen-bond donors (Lipinski definition) is 2. The van der Waals surface area contributed by atoms with Crippen LogP contribution in [-0.4, -0.2) is 34.6 Å². The van der Waals surface area contributed by atoms with Crippen LogP contribution in [0.4, 0.5) is 0 Å². The van der Waals surface area contributed by atoms with Gasteiger partial charge < -0.3 is 15.0 Å². The molecule has 8 heteroatoms. The van der Waals surface area contributed by atoms with Crippen molar-refractivity contribution < 1.29 is 14.3 Å². The first kappa shape index (κ1) is 17.9. The van der Waals surface area contributed by atoms with Gasteiger partial charge in [0, 0.05) is 11.4 Å².